The molecule has 3 heteroatoms. The highest BCUT2D eigenvalue weighted by Gasteiger charge is 2.29. The molecule has 0 saturated carbocycles. The highest BCUT2D eigenvalue weighted by molar-refractivity contribution is 7.09. The molecule has 2 N–H and O–H groups in total. The third-order valence-corrected chi connectivity index (χ3v) is 3.78. The maximum Gasteiger partial charge on any atom is 0.0755 e. The van der Waals surface area contributed by atoms with Gasteiger partial charge in [0.1, 0.15) is 0 Å². The Bertz CT molecular complexity index is 273. The minimum Gasteiger partial charge on any atom is -0.376 e. The molecule has 3 unspecified atom stereocenters. The fourth-order valence-electron chi connectivity index (χ4n) is 2.04. The highest BCUT2D eigenvalue weighted by Crippen LogP contribution is 2.24. The number of thiophene rings is 1. The zero-order chi connectivity index (χ0) is 9.97. The Morgan fingerprint density at radius 3 is 3.14 bits per heavy atom. The molecular formula is C11H17NOS. The van der Waals surface area contributed by atoms with E-state index >= 15 is 0 Å². The van der Waals surface area contributed by atoms with E-state index in [1.807, 2.05) is 0 Å². The number of hydrogen-bond donors (Lipinski definition) is 1. The third kappa shape index (κ3) is 2.16. The van der Waals surface area contributed by atoms with E-state index in [-0.39, 0.29) is 12.1 Å². The van der Waals surface area contributed by atoms with Gasteiger partial charge in [-0.3, -0.25) is 0 Å². The van der Waals surface area contributed by atoms with Gasteiger partial charge in [0, 0.05) is 17.5 Å². The first kappa shape index (κ1) is 10.1. The van der Waals surface area contributed by atoms with Crippen LogP contribution in [-0.4, -0.2) is 18.8 Å². The van der Waals surface area contributed by atoms with Crippen LogP contribution in [-0.2, 0) is 11.2 Å². The van der Waals surface area contributed by atoms with Gasteiger partial charge in [0.25, 0.3) is 0 Å². The second kappa shape index (κ2) is 4.43. The lowest BCUT2D eigenvalue weighted by atomic mass is 9.96. The first-order chi connectivity index (χ1) is 6.77. The van der Waals surface area contributed by atoms with Crippen LogP contribution in [0.1, 0.15) is 18.2 Å². The molecule has 0 aromatic carbocycles. The Labute approximate surface area is 89.1 Å². The minimum absolute atomic E-state index is 0.158. The lowest BCUT2D eigenvalue weighted by Gasteiger charge is -2.21. The number of ether oxygens (including phenoxy) is 1. The normalized spacial score (nSPS) is 29.3. The highest BCUT2D eigenvalue weighted by atomic mass is 32.1. The minimum atomic E-state index is 0.158. The van der Waals surface area contributed by atoms with Crippen molar-refractivity contribution in [2.75, 3.05) is 6.61 Å². The summed E-state index contributed by atoms with van der Waals surface area (Å²) < 4.78 is 5.66. The molecule has 0 amide bonds. The van der Waals surface area contributed by atoms with Crippen LogP contribution in [0.25, 0.3) is 0 Å². The largest absolute Gasteiger partial charge is 0.376 e. The van der Waals surface area contributed by atoms with E-state index in [0.717, 1.165) is 19.4 Å². The van der Waals surface area contributed by atoms with Crippen LogP contribution in [0.3, 0.4) is 0 Å². The van der Waals surface area contributed by atoms with E-state index in [1.165, 1.54) is 4.88 Å². The molecule has 14 heavy (non-hydrogen) atoms. The Balaban J connectivity index is 1.92. The number of hydrogen-bond acceptors (Lipinski definition) is 3. The van der Waals surface area contributed by atoms with E-state index < -0.39 is 0 Å². The number of rotatable bonds is 3. The zero-order valence-corrected chi connectivity index (χ0v) is 9.30. The molecule has 1 aliphatic heterocycles. The van der Waals surface area contributed by atoms with Crippen molar-refractivity contribution in [3.05, 3.63) is 22.4 Å². The fraction of sp³-hybridized carbons (Fsp3) is 0.636. The van der Waals surface area contributed by atoms with Gasteiger partial charge in [0.15, 0.2) is 0 Å². The van der Waals surface area contributed by atoms with E-state index in [1.54, 1.807) is 11.3 Å². The van der Waals surface area contributed by atoms with E-state index in [9.17, 15) is 0 Å². The van der Waals surface area contributed by atoms with Crippen molar-refractivity contribution >= 4 is 11.3 Å². The van der Waals surface area contributed by atoms with Crippen LogP contribution < -0.4 is 5.73 Å². The summed E-state index contributed by atoms with van der Waals surface area (Å²) in [6.45, 7) is 3.11. The number of nitrogens with two attached hydrogens (primary N) is 1. The van der Waals surface area contributed by atoms with Gasteiger partial charge in [-0.1, -0.05) is 13.0 Å². The predicted octanol–water partition coefficient (Wildman–Crippen LogP) is 2.04. The van der Waals surface area contributed by atoms with Gasteiger partial charge in [-0.15, -0.1) is 11.3 Å². The Morgan fingerprint density at radius 2 is 2.57 bits per heavy atom. The van der Waals surface area contributed by atoms with Crippen molar-refractivity contribution in [1.82, 2.24) is 0 Å². The topological polar surface area (TPSA) is 35.2 Å². The quantitative estimate of drug-likeness (QED) is 0.830. The average molecular weight is 211 g/mol. The van der Waals surface area contributed by atoms with Gasteiger partial charge in [0.2, 0.25) is 0 Å². The van der Waals surface area contributed by atoms with Crippen molar-refractivity contribution < 1.29 is 4.74 Å². The Hall–Kier alpha value is -0.380. The molecule has 78 valence electrons. The third-order valence-electron chi connectivity index (χ3n) is 2.88. The lowest BCUT2D eigenvalue weighted by Crippen LogP contribution is -2.39. The predicted molar refractivity (Wildman–Crippen MR) is 59.5 cm³/mol. The second-order valence-electron chi connectivity index (χ2n) is 4.05. The summed E-state index contributed by atoms with van der Waals surface area (Å²) in [6, 6.07) is 4.38. The lowest BCUT2D eigenvalue weighted by molar-refractivity contribution is 0.0728. The summed E-state index contributed by atoms with van der Waals surface area (Å²) in [7, 11) is 0. The molecule has 1 saturated heterocycles. The Morgan fingerprint density at radius 1 is 1.71 bits per heavy atom. The standard InChI is InChI=1S/C11H17NOS/c1-8-4-5-13-11(8)10(12)7-9-3-2-6-14-9/h2-3,6,8,10-11H,4-5,7,12H2,1H3. The van der Waals surface area contributed by atoms with Gasteiger partial charge in [-0.25, -0.2) is 0 Å². The van der Waals surface area contributed by atoms with Crippen molar-refractivity contribution in [2.45, 2.75) is 31.9 Å². The molecule has 0 aliphatic carbocycles. The maximum atomic E-state index is 6.14. The molecule has 0 bridgehead atoms. The smallest absolute Gasteiger partial charge is 0.0755 e. The summed E-state index contributed by atoms with van der Waals surface area (Å²) in [6.07, 6.45) is 2.37. The SMILES string of the molecule is CC1CCOC1C(N)Cc1cccs1. The molecule has 1 aromatic rings. The van der Waals surface area contributed by atoms with Gasteiger partial charge in [-0.2, -0.15) is 0 Å². The summed E-state index contributed by atoms with van der Waals surface area (Å²) in [5, 5.41) is 2.10. The van der Waals surface area contributed by atoms with Gasteiger partial charge >= 0.3 is 0 Å². The maximum absolute atomic E-state index is 6.14. The van der Waals surface area contributed by atoms with Gasteiger partial charge in [0.05, 0.1) is 6.10 Å². The monoisotopic (exact) mass is 211 g/mol. The molecule has 0 spiro atoms. The van der Waals surface area contributed by atoms with Crippen molar-refractivity contribution in [2.24, 2.45) is 11.7 Å². The molecule has 1 aromatic heterocycles. The Kier molecular flexibility index (Phi) is 3.21. The summed E-state index contributed by atoms with van der Waals surface area (Å²) in [5.74, 6) is 0.616. The van der Waals surface area contributed by atoms with Crippen LogP contribution in [0.4, 0.5) is 0 Å². The fourth-order valence-corrected chi connectivity index (χ4v) is 2.82. The molecule has 2 rings (SSSR count). The van der Waals surface area contributed by atoms with Crippen LogP contribution in [0.15, 0.2) is 17.5 Å². The molecule has 0 radical (unpaired) electrons. The first-order valence-corrected chi connectivity index (χ1v) is 6.05. The van der Waals surface area contributed by atoms with E-state index in [4.69, 9.17) is 10.5 Å². The average Bonchev–Trinajstić information content (AvgIpc) is 2.75. The van der Waals surface area contributed by atoms with E-state index in [2.05, 4.69) is 24.4 Å². The van der Waals surface area contributed by atoms with Gasteiger partial charge < -0.3 is 10.5 Å². The molecule has 3 atom stereocenters. The summed E-state index contributed by atoms with van der Waals surface area (Å²) in [4.78, 5) is 1.36. The van der Waals surface area contributed by atoms with E-state index in [0.29, 0.717) is 5.92 Å². The molecular weight excluding hydrogens is 194 g/mol. The molecule has 1 aliphatic rings. The zero-order valence-electron chi connectivity index (χ0n) is 8.48. The van der Waals surface area contributed by atoms with Crippen molar-refractivity contribution in [1.29, 1.82) is 0 Å². The molecule has 2 heterocycles. The van der Waals surface area contributed by atoms with Gasteiger partial charge in [-0.05, 0) is 30.2 Å². The molecule has 1 fully saturated rings. The van der Waals surface area contributed by atoms with Crippen molar-refractivity contribution in [3.8, 4) is 0 Å². The summed E-state index contributed by atoms with van der Waals surface area (Å²) in [5.41, 5.74) is 6.14. The van der Waals surface area contributed by atoms with Crippen LogP contribution in [0.5, 0.6) is 0 Å². The first-order valence-electron chi connectivity index (χ1n) is 5.17. The van der Waals surface area contributed by atoms with Crippen LogP contribution in [0.2, 0.25) is 0 Å². The summed E-state index contributed by atoms with van der Waals surface area (Å²) >= 11 is 1.78. The molecule has 2 nitrogen and oxygen atoms in total. The van der Waals surface area contributed by atoms with Crippen LogP contribution >= 0.6 is 11.3 Å². The van der Waals surface area contributed by atoms with Crippen LogP contribution in [0, 0.1) is 5.92 Å². The second-order valence-corrected chi connectivity index (χ2v) is 5.08. The van der Waals surface area contributed by atoms with Crippen molar-refractivity contribution in [3.63, 3.8) is 0 Å².